The summed E-state index contributed by atoms with van der Waals surface area (Å²) in [6.45, 7) is 2.64. The molecule has 3 nitrogen and oxygen atoms in total. The minimum Gasteiger partial charge on any atom is -0.394 e. The van der Waals surface area contributed by atoms with Crippen LogP contribution in [0.4, 0.5) is 0 Å². The Morgan fingerprint density at radius 2 is 1.93 bits per heavy atom. The summed E-state index contributed by atoms with van der Waals surface area (Å²) < 4.78 is 0. The van der Waals surface area contributed by atoms with Crippen molar-refractivity contribution in [3.63, 3.8) is 0 Å². The lowest BCUT2D eigenvalue weighted by atomic mass is 9.84. The second-order valence-corrected chi connectivity index (χ2v) is 4.37. The van der Waals surface area contributed by atoms with Gasteiger partial charge >= 0.3 is 0 Å². The molecule has 1 fully saturated rings. The molecule has 0 amide bonds. The minimum absolute atomic E-state index is 0.142. The zero-order chi connectivity index (χ0) is 10.4. The summed E-state index contributed by atoms with van der Waals surface area (Å²) >= 11 is 0. The number of aliphatic hydroxyl groups is 2. The Morgan fingerprint density at radius 1 is 1.29 bits per heavy atom. The maximum atomic E-state index is 9.17. The van der Waals surface area contributed by atoms with Gasteiger partial charge in [0.05, 0.1) is 12.7 Å². The lowest BCUT2D eigenvalue weighted by Gasteiger charge is -2.29. The van der Waals surface area contributed by atoms with E-state index in [-0.39, 0.29) is 6.61 Å². The molecule has 1 aliphatic carbocycles. The first-order valence-electron chi connectivity index (χ1n) is 5.78. The SMILES string of the molecule is CCC1CCC(NC[C@H](O)CO)CC1. The number of hydrogen-bond acceptors (Lipinski definition) is 3. The van der Waals surface area contributed by atoms with Crippen molar-refractivity contribution in [2.75, 3.05) is 13.2 Å². The van der Waals surface area contributed by atoms with Crippen LogP contribution < -0.4 is 5.32 Å². The average Bonchev–Trinajstić information content (AvgIpc) is 2.26. The molecule has 1 rings (SSSR count). The zero-order valence-electron chi connectivity index (χ0n) is 9.08. The molecule has 1 atom stereocenters. The van der Waals surface area contributed by atoms with Crippen LogP contribution in [0.5, 0.6) is 0 Å². The van der Waals surface area contributed by atoms with E-state index in [0.29, 0.717) is 12.6 Å². The molecule has 1 aliphatic rings. The van der Waals surface area contributed by atoms with Gasteiger partial charge in [-0.1, -0.05) is 13.3 Å². The van der Waals surface area contributed by atoms with Gasteiger partial charge in [-0.15, -0.1) is 0 Å². The fourth-order valence-electron chi connectivity index (χ4n) is 2.14. The summed E-state index contributed by atoms with van der Waals surface area (Å²) in [7, 11) is 0. The van der Waals surface area contributed by atoms with Crippen LogP contribution in [-0.2, 0) is 0 Å². The summed E-state index contributed by atoms with van der Waals surface area (Å²) in [6, 6.07) is 0.555. The molecule has 0 saturated heterocycles. The molecule has 0 unspecified atom stereocenters. The molecule has 0 spiro atoms. The summed E-state index contributed by atoms with van der Waals surface area (Å²) in [6.07, 6.45) is 5.76. The number of rotatable bonds is 5. The average molecular weight is 201 g/mol. The summed E-state index contributed by atoms with van der Waals surface area (Å²) in [5, 5.41) is 21.1. The van der Waals surface area contributed by atoms with Gasteiger partial charge in [0.1, 0.15) is 0 Å². The standard InChI is InChI=1S/C11H23NO2/c1-2-9-3-5-10(6-4-9)12-7-11(14)8-13/h9-14H,2-8H2,1H3/t9?,10?,11-/m0/s1. The first kappa shape index (κ1) is 12.0. The molecule has 0 aromatic heterocycles. The maximum absolute atomic E-state index is 9.17. The topological polar surface area (TPSA) is 52.5 Å². The minimum atomic E-state index is -0.598. The van der Waals surface area contributed by atoms with E-state index >= 15 is 0 Å². The third-order valence-corrected chi connectivity index (χ3v) is 3.28. The Kier molecular flexibility index (Phi) is 5.45. The van der Waals surface area contributed by atoms with Crippen molar-refractivity contribution in [2.24, 2.45) is 5.92 Å². The molecule has 84 valence electrons. The van der Waals surface area contributed by atoms with Gasteiger partial charge in [0.15, 0.2) is 0 Å². The largest absolute Gasteiger partial charge is 0.394 e. The van der Waals surface area contributed by atoms with Crippen molar-refractivity contribution < 1.29 is 10.2 Å². The molecule has 3 N–H and O–H groups in total. The summed E-state index contributed by atoms with van der Waals surface area (Å²) in [5.41, 5.74) is 0. The normalized spacial score (nSPS) is 30.2. The fourth-order valence-corrected chi connectivity index (χ4v) is 2.14. The van der Waals surface area contributed by atoms with E-state index in [4.69, 9.17) is 5.11 Å². The number of hydrogen-bond donors (Lipinski definition) is 3. The third kappa shape index (κ3) is 3.95. The second kappa shape index (κ2) is 6.38. The van der Waals surface area contributed by atoms with Gasteiger partial charge in [-0.2, -0.15) is 0 Å². The van der Waals surface area contributed by atoms with Crippen LogP contribution in [0.3, 0.4) is 0 Å². The molecule has 3 heteroatoms. The Labute approximate surface area is 86.5 Å². The molecular formula is C11H23NO2. The highest BCUT2D eigenvalue weighted by Gasteiger charge is 2.19. The summed E-state index contributed by atoms with van der Waals surface area (Å²) in [4.78, 5) is 0. The highest BCUT2D eigenvalue weighted by atomic mass is 16.3. The Bertz CT molecular complexity index is 144. The first-order valence-corrected chi connectivity index (χ1v) is 5.78. The lowest BCUT2D eigenvalue weighted by Crippen LogP contribution is -2.39. The van der Waals surface area contributed by atoms with Crippen LogP contribution >= 0.6 is 0 Å². The molecule has 0 bridgehead atoms. The highest BCUT2D eigenvalue weighted by molar-refractivity contribution is 4.77. The maximum Gasteiger partial charge on any atom is 0.0895 e. The van der Waals surface area contributed by atoms with E-state index in [1.807, 2.05) is 0 Å². The predicted molar refractivity (Wildman–Crippen MR) is 57.1 cm³/mol. The molecule has 0 radical (unpaired) electrons. The van der Waals surface area contributed by atoms with Crippen LogP contribution in [0.2, 0.25) is 0 Å². The van der Waals surface area contributed by atoms with E-state index in [2.05, 4.69) is 12.2 Å². The monoisotopic (exact) mass is 201 g/mol. The molecule has 0 heterocycles. The predicted octanol–water partition coefficient (Wildman–Crippen LogP) is 0.898. The fraction of sp³-hybridized carbons (Fsp3) is 1.00. The van der Waals surface area contributed by atoms with E-state index in [0.717, 1.165) is 5.92 Å². The van der Waals surface area contributed by atoms with Crippen LogP contribution in [0.1, 0.15) is 39.0 Å². The van der Waals surface area contributed by atoms with Crippen LogP contribution in [-0.4, -0.2) is 35.5 Å². The molecule has 1 saturated carbocycles. The quantitative estimate of drug-likeness (QED) is 0.619. The van der Waals surface area contributed by atoms with Crippen molar-refractivity contribution in [2.45, 2.75) is 51.2 Å². The van der Waals surface area contributed by atoms with Gasteiger partial charge in [0.25, 0.3) is 0 Å². The van der Waals surface area contributed by atoms with Gasteiger partial charge in [-0.3, -0.25) is 0 Å². The highest BCUT2D eigenvalue weighted by Crippen LogP contribution is 2.26. The van der Waals surface area contributed by atoms with Gasteiger partial charge in [-0.25, -0.2) is 0 Å². The van der Waals surface area contributed by atoms with E-state index in [1.54, 1.807) is 0 Å². The lowest BCUT2D eigenvalue weighted by molar-refractivity contribution is 0.0894. The van der Waals surface area contributed by atoms with Crippen LogP contribution in [0.25, 0.3) is 0 Å². The van der Waals surface area contributed by atoms with Crippen molar-refractivity contribution in [1.82, 2.24) is 5.32 Å². The van der Waals surface area contributed by atoms with E-state index in [9.17, 15) is 5.11 Å². The Hall–Kier alpha value is -0.120. The third-order valence-electron chi connectivity index (χ3n) is 3.28. The van der Waals surface area contributed by atoms with Crippen molar-refractivity contribution >= 4 is 0 Å². The second-order valence-electron chi connectivity index (χ2n) is 4.37. The van der Waals surface area contributed by atoms with Crippen LogP contribution in [0, 0.1) is 5.92 Å². The summed E-state index contributed by atoms with van der Waals surface area (Å²) in [5.74, 6) is 0.913. The van der Waals surface area contributed by atoms with Crippen molar-refractivity contribution in [3.8, 4) is 0 Å². The van der Waals surface area contributed by atoms with E-state index in [1.165, 1.54) is 32.1 Å². The molecule has 14 heavy (non-hydrogen) atoms. The Morgan fingerprint density at radius 3 is 2.43 bits per heavy atom. The number of aliphatic hydroxyl groups excluding tert-OH is 2. The van der Waals surface area contributed by atoms with Gasteiger partial charge in [-0.05, 0) is 31.6 Å². The smallest absolute Gasteiger partial charge is 0.0895 e. The zero-order valence-corrected chi connectivity index (χ0v) is 9.08. The first-order chi connectivity index (χ1) is 6.76. The number of nitrogens with one attached hydrogen (secondary N) is 1. The Balaban J connectivity index is 2.10. The molecule has 0 aromatic rings. The molecule has 0 aromatic carbocycles. The van der Waals surface area contributed by atoms with Crippen LogP contribution in [0.15, 0.2) is 0 Å². The van der Waals surface area contributed by atoms with Gasteiger partial charge < -0.3 is 15.5 Å². The van der Waals surface area contributed by atoms with E-state index < -0.39 is 6.10 Å². The van der Waals surface area contributed by atoms with Crippen molar-refractivity contribution in [1.29, 1.82) is 0 Å². The van der Waals surface area contributed by atoms with Gasteiger partial charge in [0, 0.05) is 12.6 Å². The molecular weight excluding hydrogens is 178 g/mol. The van der Waals surface area contributed by atoms with Gasteiger partial charge in [0.2, 0.25) is 0 Å². The molecule has 0 aliphatic heterocycles. The van der Waals surface area contributed by atoms with Crippen molar-refractivity contribution in [3.05, 3.63) is 0 Å².